The van der Waals surface area contributed by atoms with Crippen molar-refractivity contribution >= 4 is 38.9 Å². The van der Waals surface area contributed by atoms with Crippen LogP contribution in [0.5, 0.6) is 0 Å². The predicted molar refractivity (Wildman–Crippen MR) is 105 cm³/mol. The van der Waals surface area contributed by atoms with Gasteiger partial charge < -0.3 is 10.2 Å². The van der Waals surface area contributed by atoms with Crippen molar-refractivity contribution in [3.63, 3.8) is 0 Å². The third-order valence-electron chi connectivity index (χ3n) is 3.87. The van der Waals surface area contributed by atoms with Gasteiger partial charge in [-0.15, -0.1) is 0 Å². The molecule has 0 radical (unpaired) electrons. The van der Waals surface area contributed by atoms with E-state index in [1.807, 2.05) is 24.1 Å². The zero-order valence-electron chi connectivity index (χ0n) is 14.5. The lowest BCUT2D eigenvalue weighted by Crippen LogP contribution is -2.25. The van der Waals surface area contributed by atoms with Crippen LogP contribution in [0.25, 0.3) is 0 Å². The number of hydrogen-bond donors (Lipinski definition) is 1. The van der Waals surface area contributed by atoms with Gasteiger partial charge in [0.1, 0.15) is 0 Å². The number of hydrogen-bond acceptors (Lipinski definition) is 4. The molecule has 0 fully saturated rings. The van der Waals surface area contributed by atoms with Crippen LogP contribution in [0.15, 0.2) is 47.4 Å². The maximum atomic E-state index is 12.5. The lowest BCUT2D eigenvalue weighted by Gasteiger charge is -2.17. The zero-order chi connectivity index (χ0) is 19.3. The fourth-order valence-electron chi connectivity index (χ4n) is 2.40. The summed E-state index contributed by atoms with van der Waals surface area (Å²) in [6, 6.07) is 11.6. The molecule has 0 atom stereocenters. The Morgan fingerprint density at radius 2 is 1.77 bits per heavy atom. The molecule has 0 aromatic heterocycles. The average Bonchev–Trinajstić information content (AvgIpc) is 2.62. The first-order chi connectivity index (χ1) is 12.2. The number of carbonyl (C=O) groups excluding carboxylic acids is 1. The van der Waals surface area contributed by atoms with Gasteiger partial charge in [-0.05, 0) is 42.9 Å². The van der Waals surface area contributed by atoms with Crippen LogP contribution in [0.1, 0.15) is 15.9 Å². The summed E-state index contributed by atoms with van der Waals surface area (Å²) in [5, 5.41) is 3.07. The van der Waals surface area contributed by atoms with Gasteiger partial charge in [0, 0.05) is 30.7 Å². The topological polar surface area (TPSA) is 66.5 Å². The molecule has 0 unspecified atom stereocenters. The van der Waals surface area contributed by atoms with Crippen LogP contribution in [-0.4, -0.2) is 45.6 Å². The van der Waals surface area contributed by atoms with Crippen molar-refractivity contribution in [3.05, 3.63) is 63.6 Å². The number of rotatable bonds is 7. The molecule has 140 valence electrons. The fraction of sp³-hybridized carbons (Fsp3) is 0.278. The molecular formula is C18H20Cl2N2O3S. The molecule has 0 bridgehead atoms. The molecule has 8 heteroatoms. The Kier molecular flexibility index (Phi) is 7.06. The molecule has 2 aromatic carbocycles. The maximum absolute atomic E-state index is 12.5. The van der Waals surface area contributed by atoms with Gasteiger partial charge in [0.25, 0.3) is 5.91 Å². The Morgan fingerprint density at radius 1 is 1.12 bits per heavy atom. The van der Waals surface area contributed by atoms with Crippen molar-refractivity contribution in [2.45, 2.75) is 11.4 Å². The predicted octanol–water partition coefficient (Wildman–Crippen LogP) is 3.26. The van der Waals surface area contributed by atoms with E-state index < -0.39 is 9.84 Å². The summed E-state index contributed by atoms with van der Waals surface area (Å²) in [5.74, 6) is -0.214. The van der Waals surface area contributed by atoms with Crippen LogP contribution in [0.2, 0.25) is 10.0 Å². The van der Waals surface area contributed by atoms with Crippen molar-refractivity contribution in [3.8, 4) is 0 Å². The number of amides is 1. The van der Waals surface area contributed by atoms with Crippen LogP contribution >= 0.6 is 23.2 Å². The molecule has 5 nitrogen and oxygen atoms in total. The first kappa shape index (κ1) is 20.7. The number of carbonyl (C=O) groups is 1. The SMILES string of the molecule is CNC(=O)c1ccc(CN(C)CCS(=O)(=O)c2cc(Cl)ccc2Cl)cc1. The molecule has 1 amide bonds. The van der Waals surface area contributed by atoms with Gasteiger partial charge in [0.2, 0.25) is 0 Å². The van der Waals surface area contributed by atoms with E-state index in [1.54, 1.807) is 25.2 Å². The summed E-state index contributed by atoms with van der Waals surface area (Å²) >= 11 is 11.9. The van der Waals surface area contributed by atoms with Crippen LogP contribution in [-0.2, 0) is 16.4 Å². The van der Waals surface area contributed by atoms with E-state index >= 15 is 0 Å². The molecule has 26 heavy (non-hydrogen) atoms. The van der Waals surface area contributed by atoms with Crippen molar-refractivity contribution in [1.29, 1.82) is 0 Å². The third-order valence-corrected chi connectivity index (χ3v) is 6.27. The molecule has 0 aliphatic rings. The maximum Gasteiger partial charge on any atom is 0.251 e. The monoisotopic (exact) mass is 414 g/mol. The highest BCUT2D eigenvalue weighted by Gasteiger charge is 2.19. The van der Waals surface area contributed by atoms with Gasteiger partial charge in [-0.1, -0.05) is 35.3 Å². The van der Waals surface area contributed by atoms with E-state index in [4.69, 9.17) is 23.2 Å². The molecule has 0 aliphatic heterocycles. The Balaban J connectivity index is 1.98. The highest BCUT2D eigenvalue weighted by Crippen LogP contribution is 2.26. The van der Waals surface area contributed by atoms with E-state index in [1.165, 1.54) is 12.1 Å². The molecule has 2 rings (SSSR count). The lowest BCUT2D eigenvalue weighted by atomic mass is 10.1. The molecule has 1 N–H and O–H groups in total. The molecule has 2 aromatic rings. The van der Waals surface area contributed by atoms with E-state index in [0.29, 0.717) is 23.7 Å². The van der Waals surface area contributed by atoms with Gasteiger partial charge in [0.15, 0.2) is 9.84 Å². The first-order valence-corrected chi connectivity index (χ1v) is 10.3. The first-order valence-electron chi connectivity index (χ1n) is 7.90. The summed E-state index contributed by atoms with van der Waals surface area (Å²) in [6.45, 7) is 0.898. The van der Waals surface area contributed by atoms with E-state index in [9.17, 15) is 13.2 Å². The highest BCUT2D eigenvalue weighted by atomic mass is 35.5. The smallest absolute Gasteiger partial charge is 0.251 e. The van der Waals surface area contributed by atoms with Gasteiger partial charge in [-0.2, -0.15) is 0 Å². The molecule has 0 aliphatic carbocycles. The van der Waals surface area contributed by atoms with Gasteiger partial charge in [-0.3, -0.25) is 4.79 Å². The quantitative estimate of drug-likeness (QED) is 0.754. The van der Waals surface area contributed by atoms with Crippen LogP contribution in [0.3, 0.4) is 0 Å². The van der Waals surface area contributed by atoms with Gasteiger partial charge in [0.05, 0.1) is 15.7 Å². The van der Waals surface area contributed by atoms with Crippen molar-refractivity contribution in [2.75, 3.05) is 26.4 Å². The minimum Gasteiger partial charge on any atom is -0.355 e. The third kappa shape index (κ3) is 5.45. The molecule has 0 heterocycles. The Hall–Kier alpha value is -1.60. The average molecular weight is 415 g/mol. The van der Waals surface area contributed by atoms with Crippen LogP contribution < -0.4 is 5.32 Å². The lowest BCUT2D eigenvalue weighted by molar-refractivity contribution is 0.0963. The summed E-state index contributed by atoms with van der Waals surface area (Å²) in [6.07, 6.45) is 0. The fourth-order valence-corrected chi connectivity index (χ4v) is 4.55. The molecule has 0 spiro atoms. The Morgan fingerprint density at radius 3 is 2.38 bits per heavy atom. The molecule has 0 saturated heterocycles. The van der Waals surface area contributed by atoms with E-state index in [0.717, 1.165) is 5.56 Å². The van der Waals surface area contributed by atoms with Gasteiger partial charge in [-0.25, -0.2) is 8.42 Å². The number of sulfone groups is 1. The molecular weight excluding hydrogens is 395 g/mol. The number of halogens is 2. The van der Waals surface area contributed by atoms with Crippen molar-refractivity contribution < 1.29 is 13.2 Å². The van der Waals surface area contributed by atoms with E-state index in [2.05, 4.69) is 5.32 Å². The summed E-state index contributed by atoms with van der Waals surface area (Å²) in [5.41, 5.74) is 1.57. The van der Waals surface area contributed by atoms with Crippen molar-refractivity contribution in [2.24, 2.45) is 0 Å². The van der Waals surface area contributed by atoms with Gasteiger partial charge >= 0.3 is 0 Å². The van der Waals surface area contributed by atoms with Crippen molar-refractivity contribution in [1.82, 2.24) is 10.2 Å². The highest BCUT2D eigenvalue weighted by molar-refractivity contribution is 7.91. The second-order valence-corrected chi connectivity index (χ2v) is 8.83. The Bertz CT molecular complexity index is 884. The standard InChI is InChI=1S/C18H20Cl2N2O3S/c1-21-18(23)14-5-3-13(4-6-14)12-22(2)9-10-26(24,25)17-11-15(19)7-8-16(17)20/h3-8,11H,9-10,12H2,1-2H3,(H,21,23). The van der Waals surface area contributed by atoms with Crippen LogP contribution in [0, 0.1) is 0 Å². The summed E-state index contributed by atoms with van der Waals surface area (Å²) in [4.78, 5) is 13.5. The molecule has 0 saturated carbocycles. The van der Waals surface area contributed by atoms with E-state index in [-0.39, 0.29) is 21.6 Å². The summed E-state index contributed by atoms with van der Waals surface area (Å²) < 4.78 is 25.0. The van der Waals surface area contributed by atoms with Crippen LogP contribution in [0.4, 0.5) is 0 Å². The second-order valence-electron chi connectivity index (χ2n) is 5.91. The normalized spacial score (nSPS) is 11.6. The minimum absolute atomic E-state index is 0.0509. The number of nitrogens with zero attached hydrogens (tertiary/aromatic N) is 1. The minimum atomic E-state index is -3.53. The number of nitrogens with one attached hydrogen (secondary N) is 1. The largest absolute Gasteiger partial charge is 0.355 e. The Labute approximate surface area is 163 Å². The zero-order valence-corrected chi connectivity index (χ0v) is 16.8. The summed E-state index contributed by atoms with van der Waals surface area (Å²) in [7, 11) is -0.118. The second kappa shape index (κ2) is 8.86. The number of benzene rings is 2.